The van der Waals surface area contributed by atoms with Crippen LogP contribution in [-0.4, -0.2) is 32.7 Å². The highest BCUT2D eigenvalue weighted by atomic mass is 79.9. The zero-order chi connectivity index (χ0) is 25.6. The molecule has 0 atom stereocenters. The van der Waals surface area contributed by atoms with Gasteiger partial charge in [0.25, 0.3) is 23.4 Å². The van der Waals surface area contributed by atoms with Crippen molar-refractivity contribution in [2.24, 2.45) is 0 Å². The Morgan fingerprint density at radius 3 is 1.80 bits per heavy atom. The monoisotopic (exact) mass is 747 g/mol. The fourth-order valence-electron chi connectivity index (χ4n) is 3.43. The average Bonchev–Trinajstić information content (AvgIpc) is 3.10. The zero-order valence-electron chi connectivity index (χ0n) is 17.1. The summed E-state index contributed by atoms with van der Waals surface area (Å²) in [4.78, 5) is 51.0. The van der Waals surface area contributed by atoms with Gasteiger partial charge in [-0.05, 0) is 93.5 Å². The van der Waals surface area contributed by atoms with Gasteiger partial charge in [0.05, 0.1) is 22.6 Å². The molecule has 1 heterocycles. The van der Waals surface area contributed by atoms with Crippen LogP contribution in [0.25, 0.3) is 0 Å². The molecule has 3 amide bonds. The number of fused-ring (bicyclic) bond motifs is 1. The predicted octanol–water partition coefficient (Wildman–Crippen LogP) is 7.15. The van der Waals surface area contributed by atoms with E-state index in [1.54, 1.807) is 24.3 Å². The summed E-state index contributed by atoms with van der Waals surface area (Å²) in [5.41, 5.74) is 0.613. The summed E-state index contributed by atoms with van der Waals surface area (Å²) in [7, 11) is 0. The van der Waals surface area contributed by atoms with Gasteiger partial charge in [0, 0.05) is 40.6 Å². The van der Waals surface area contributed by atoms with Gasteiger partial charge in [0.15, 0.2) is 0 Å². The van der Waals surface area contributed by atoms with E-state index in [4.69, 9.17) is 11.6 Å². The molecule has 0 saturated carbocycles. The van der Waals surface area contributed by atoms with E-state index >= 15 is 0 Å². The van der Waals surface area contributed by atoms with Crippen LogP contribution >= 0.6 is 75.3 Å². The molecular weight excluding hydrogens is 741 g/mol. The van der Waals surface area contributed by atoms with E-state index in [0.717, 1.165) is 10.0 Å². The molecular formula is C22H10Br4ClN3O5. The number of hydrogen-bond acceptors (Lipinski definition) is 5. The van der Waals surface area contributed by atoms with E-state index in [1.807, 2.05) is 0 Å². The van der Waals surface area contributed by atoms with Gasteiger partial charge < -0.3 is 0 Å². The topological polar surface area (TPSA) is 101 Å². The van der Waals surface area contributed by atoms with Crippen LogP contribution in [-0.2, 0) is 6.54 Å². The van der Waals surface area contributed by atoms with Gasteiger partial charge in [0.2, 0.25) is 0 Å². The van der Waals surface area contributed by atoms with E-state index in [2.05, 4.69) is 63.7 Å². The molecule has 0 spiro atoms. The number of halogens is 5. The van der Waals surface area contributed by atoms with Gasteiger partial charge >= 0.3 is 0 Å². The van der Waals surface area contributed by atoms with Crippen molar-refractivity contribution in [1.29, 1.82) is 0 Å². The van der Waals surface area contributed by atoms with E-state index in [-0.39, 0.29) is 28.9 Å². The van der Waals surface area contributed by atoms with Crippen LogP contribution in [0.4, 0.5) is 5.69 Å². The number of amides is 3. The highest BCUT2D eigenvalue weighted by Gasteiger charge is 2.45. The minimum absolute atomic E-state index is 0.0570. The minimum atomic E-state index is -0.713. The number of nitro benzene ring substituents is 1. The average molecular weight is 751 g/mol. The number of non-ortho nitro benzene ring substituents is 1. The summed E-state index contributed by atoms with van der Waals surface area (Å²) in [5, 5.41) is 13.3. The van der Waals surface area contributed by atoms with Crippen molar-refractivity contribution >= 4 is 98.7 Å². The quantitative estimate of drug-likeness (QED) is 0.0907. The fraction of sp³-hybridized carbons (Fsp3) is 0.0455. The highest BCUT2D eigenvalue weighted by Crippen LogP contribution is 2.45. The molecule has 35 heavy (non-hydrogen) atoms. The second kappa shape index (κ2) is 10.1. The first-order valence-corrected chi connectivity index (χ1v) is 13.1. The molecule has 1 aliphatic heterocycles. The molecule has 0 aliphatic carbocycles. The highest BCUT2D eigenvalue weighted by molar-refractivity contribution is 9.15. The molecule has 0 fully saturated rings. The van der Waals surface area contributed by atoms with Crippen molar-refractivity contribution in [3.05, 3.63) is 104 Å². The van der Waals surface area contributed by atoms with Crippen molar-refractivity contribution in [1.82, 2.24) is 10.0 Å². The smallest absolute Gasteiger partial charge is 0.267 e. The molecule has 0 unspecified atom stereocenters. The zero-order valence-corrected chi connectivity index (χ0v) is 24.2. The Bertz CT molecular complexity index is 1370. The molecule has 13 heteroatoms. The lowest BCUT2D eigenvalue weighted by Crippen LogP contribution is -2.49. The van der Waals surface area contributed by atoms with E-state index in [0.29, 0.717) is 28.5 Å². The fourth-order valence-corrected chi connectivity index (χ4v) is 6.01. The summed E-state index contributed by atoms with van der Waals surface area (Å²) < 4.78 is 1.71. The Morgan fingerprint density at radius 2 is 1.34 bits per heavy atom. The molecule has 0 saturated heterocycles. The lowest BCUT2D eigenvalue weighted by molar-refractivity contribution is -0.384. The molecule has 8 nitrogen and oxygen atoms in total. The summed E-state index contributed by atoms with van der Waals surface area (Å²) in [5.74, 6) is -2.13. The Morgan fingerprint density at radius 1 is 0.857 bits per heavy atom. The molecule has 4 rings (SSSR count). The van der Waals surface area contributed by atoms with Gasteiger partial charge in [0.1, 0.15) is 0 Å². The van der Waals surface area contributed by atoms with Crippen LogP contribution in [0.2, 0.25) is 5.02 Å². The van der Waals surface area contributed by atoms with Crippen molar-refractivity contribution in [2.75, 3.05) is 0 Å². The summed E-state index contributed by atoms with van der Waals surface area (Å²) >= 11 is 19.4. The van der Waals surface area contributed by atoms with Crippen molar-refractivity contribution in [3.63, 3.8) is 0 Å². The van der Waals surface area contributed by atoms with Gasteiger partial charge in [-0.15, -0.1) is 0 Å². The number of carbonyl (C=O) groups is 3. The number of rotatable bonds is 5. The molecule has 3 aromatic carbocycles. The maximum atomic E-state index is 13.6. The minimum Gasteiger partial charge on any atom is -0.267 e. The Kier molecular flexibility index (Phi) is 7.49. The second-order valence-corrected chi connectivity index (χ2v) is 10.8. The number of nitro groups is 1. The van der Waals surface area contributed by atoms with Gasteiger partial charge in [-0.25, -0.2) is 5.01 Å². The summed E-state index contributed by atoms with van der Waals surface area (Å²) in [6.07, 6.45) is 0. The molecule has 0 bridgehead atoms. The third-order valence-electron chi connectivity index (χ3n) is 5.13. The Hall–Kier alpha value is -2.12. The van der Waals surface area contributed by atoms with Gasteiger partial charge in [-0.3, -0.25) is 24.5 Å². The first-order chi connectivity index (χ1) is 16.5. The van der Waals surface area contributed by atoms with Crippen LogP contribution in [0.1, 0.15) is 36.6 Å². The van der Waals surface area contributed by atoms with Gasteiger partial charge in [-0.2, -0.15) is 5.01 Å². The van der Waals surface area contributed by atoms with Gasteiger partial charge in [-0.1, -0.05) is 23.7 Å². The number of hydrogen-bond donors (Lipinski definition) is 0. The maximum absolute atomic E-state index is 13.6. The Balaban J connectivity index is 1.82. The lowest BCUT2D eigenvalue weighted by atomic mass is 10.1. The molecule has 3 aromatic rings. The predicted molar refractivity (Wildman–Crippen MR) is 142 cm³/mol. The van der Waals surface area contributed by atoms with Crippen LogP contribution in [0.15, 0.2) is 66.4 Å². The third kappa shape index (κ3) is 4.69. The van der Waals surface area contributed by atoms with Crippen molar-refractivity contribution in [3.8, 4) is 0 Å². The first kappa shape index (κ1) is 26.0. The van der Waals surface area contributed by atoms with Crippen LogP contribution in [0.5, 0.6) is 0 Å². The van der Waals surface area contributed by atoms with Crippen LogP contribution < -0.4 is 0 Å². The van der Waals surface area contributed by atoms with Crippen molar-refractivity contribution < 1.29 is 19.3 Å². The summed E-state index contributed by atoms with van der Waals surface area (Å²) in [6.45, 7) is -0.143. The summed E-state index contributed by atoms with van der Waals surface area (Å²) in [6, 6.07) is 11.5. The number of imide groups is 1. The maximum Gasteiger partial charge on any atom is 0.282 e. The Labute approximate surface area is 236 Å². The number of carbonyl (C=O) groups excluding carboxylic acids is 3. The lowest BCUT2D eigenvalue weighted by Gasteiger charge is -2.30. The SMILES string of the molecule is O=C(c1ccc([N+](=O)[O-])cc1)N(Cc1ccc(Cl)cc1)N1C(=O)c2c(Br)c(Br)c(Br)c(Br)c2C1=O. The largest absolute Gasteiger partial charge is 0.282 e. The van der Waals surface area contributed by atoms with E-state index in [9.17, 15) is 24.5 Å². The standard InChI is InChI=1S/C22H10Br4ClN3O5/c23-16-14-15(17(24)19(26)18(16)25)22(33)29(21(14)32)28(9-10-1-5-12(27)6-2-10)20(31)11-3-7-13(8-4-11)30(34)35/h1-8H,9H2. The normalized spacial score (nSPS) is 12.7. The third-order valence-corrected chi connectivity index (χ3v) is 10.1. The molecule has 178 valence electrons. The van der Waals surface area contributed by atoms with Crippen LogP contribution in [0.3, 0.4) is 0 Å². The molecule has 0 aromatic heterocycles. The number of nitrogens with zero attached hydrogens (tertiary/aromatic N) is 3. The number of hydrazine groups is 1. The van der Waals surface area contributed by atoms with E-state index in [1.165, 1.54) is 24.3 Å². The van der Waals surface area contributed by atoms with Crippen LogP contribution in [0, 0.1) is 10.1 Å². The van der Waals surface area contributed by atoms with E-state index < -0.39 is 22.6 Å². The second-order valence-electron chi connectivity index (χ2n) is 7.22. The molecule has 0 N–H and O–H groups in total. The van der Waals surface area contributed by atoms with Crippen molar-refractivity contribution in [2.45, 2.75) is 6.54 Å². The first-order valence-electron chi connectivity index (χ1n) is 9.58. The molecule has 1 aliphatic rings. The molecule has 0 radical (unpaired) electrons. The number of benzene rings is 3.